The highest BCUT2D eigenvalue weighted by atomic mass is 32.2. The monoisotopic (exact) mass is 261 g/mol. The molecule has 96 valence electrons. The standard InChI is InChI=1S/C9H15N3O4S/c1-2-16-9(13)12-17(14,15)11-8-5-3-4-7(8)6-10/h7-8,11H,2-5H2,1H3,(H,12,13). The van der Waals surface area contributed by atoms with Gasteiger partial charge in [-0.2, -0.15) is 18.4 Å². The van der Waals surface area contributed by atoms with Gasteiger partial charge in [-0.1, -0.05) is 6.42 Å². The van der Waals surface area contributed by atoms with Gasteiger partial charge >= 0.3 is 16.3 Å². The smallest absolute Gasteiger partial charge is 0.421 e. The highest BCUT2D eigenvalue weighted by Crippen LogP contribution is 2.25. The average molecular weight is 261 g/mol. The Morgan fingerprint density at radius 3 is 2.82 bits per heavy atom. The van der Waals surface area contributed by atoms with E-state index in [1.807, 2.05) is 6.07 Å². The van der Waals surface area contributed by atoms with Gasteiger partial charge in [0.15, 0.2) is 0 Å². The van der Waals surface area contributed by atoms with E-state index in [4.69, 9.17) is 5.26 Å². The summed E-state index contributed by atoms with van der Waals surface area (Å²) >= 11 is 0. The molecule has 17 heavy (non-hydrogen) atoms. The molecule has 2 N–H and O–H groups in total. The lowest BCUT2D eigenvalue weighted by Gasteiger charge is -2.15. The van der Waals surface area contributed by atoms with Gasteiger partial charge in [0.25, 0.3) is 0 Å². The normalized spacial score (nSPS) is 24.0. The Morgan fingerprint density at radius 1 is 1.53 bits per heavy atom. The summed E-state index contributed by atoms with van der Waals surface area (Å²) in [5, 5.41) is 8.80. The molecule has 0 aromatic rings. The van der Waals surface area contributed by atoms with Gasteiger partial charge in [-0.15, -0.1) is 0 Å². The largest absolute Gasteiger partial charge is 0.449 e. The first-order valence-electron chi connectivity index (χ1n) is 5.35. The van der Waals surface area contributed by atoms with E-state index in [0.717, 1.165) is 6.42 Å². The van der Waals surface area contributed by atoms with Crippen molar-refractivity contribution in [1.29, 1.82) is 5.26 Å². The molecule has 1 rings (SSSR count). The number of carbonyl (C=O) groups excluding carboxylic acids is 1. The highest BCUT2D eigenvalue weighted by Gasteiger charge is 2.31. The first-order valence-corrected chi connectivity index (χ1v) is 6.83. The quantitative estimate of drug-likeness (QED) is 0.754. The average Bonchev–Trinajstić information content (AvgIpc) is 2.63. The second kappa shape index (κ2) is 5.84. The summed E-state index contributed by atoms with van der Waals surface area (Å²) in [7, 11) is -3.96. The number of ether oxygens (including phenoxy) is 1. The van der Waals surface area contributed by atoms with Gasteiger partial charge < -0.3 is 4.74 Å². The van der Waals surface area contributed by atoms with Gasteiger partial charge in [0, 0.05) is 6.04 Å². The van der Waals surface area contributed by atoms with E-state index in [2.05, 4.69) is 9.46 Å². The summed E-state index contributed by atoms with van der Waals surface area (Å²) in [5.74, 6) is -0.339. The van der Waals surface area contributed by atoms with Crippen molar-refractivity contribution in [1.82, 2.24) is 9.44 Å². The van der Waals surface area contributed by atoms with E-state index in [-0.39, 0.29) is 12.5 Å². The Morgan fingerprint density at radius 2 is 2.24 bits per heavy atom. The van der Waals surface area contributed by atoms with Crippen molar-refractivity contribution in [2.75, 3.05) is 6.61 Å². The lowest BCUT2D eigenvalue weighted by atomic mass is 10.1. The van der Waals surface area contributed by atoms with Gasteiger partial charge in [0.05, 0.1) is 18.6 Å². The summed E-state index contributed by atoms with van der Waals surface area (Å²) in [5.41, 5.74) is 0. The molecule has 0 aliphatic heterocycles. The van der Waals surface area contributed by atoms with E-state index in [0.29, 0.717) is 12.8 Å². The Hall–Kier alpha value is -1.33. The number of carbonyl (C=O) groups is 1. The number of nitriles is 1. The Labute approximate surface area is 100 Å². The number of hydrogen-bond acceptors (Lipinski definition) is 5. The Kier molecular flexibility index (Phi) is 4.72. The minimum atomic E-state index is -3.96. The second-order valence-electron chi connectivity index (χ2n) is 3.72. The maximum Gasteiger partial charge on any atom is 0.421 e. The SMILES string of the molecule is CCOC(=O)NS(=O)(=O)NC1CCCC1C#N. The maximum atomic E-state index is 11.5. The molecule has 0 aromatic carbocycles. The first-order chi connectivity index (χ1) is 7.98. The number of nitrogens with zero attached hydrogens (tertiary/aromatic N) is 1. The van der Waals surface area contributed by atoms with Crippen LogP contribution in [0.1, 0.15) is 26.2 Å². The second-order valence-corrected chi connectivity index (χ2v) is 5.16. The molecule has 0 aromatic heterocycles. The van der Waals surface area contributed by atoms with Crippen molar-refractivity contribution in [2.45, 2.75) is 32.2 Å². The zero-order chi connectivity index (χ0) is 12.9. The van der Waals surface area contributed by atoms with E-state index >= 15 is 0 Å². The number of nitrogens with one attached hydrogen (secondary N) is 2. The van der Waals surface area contributed by atoms with Crippen LogP contribution in [0.3, 0.4) is 0 Å². The van der Waals surface area contributed by atoms with Crippen molar-refractivity contribution >= 4 is 16.3 Å². The van der Waals surface area contributed by atoms with Crippen molar-refractivity contribution in [2.24, 2.45) is 5.92 Å². The molecular weight excluding hydrogens is 246 g/mol. The molecule has 1 amide bonds. The molecule has 0 spiro atoms. The van der Waals surface area contributed by atoms with Crippen LogP contribution >= 0.6 is 0 Å². The van der Waals surface area contributed by atoms with Gasteiger partial charge in [-0.25, -0.2) is 9.52 Å². The Balaban J connectivity index is 2.55. The summed E-state index contributed by atoms with van der Waals surface area (Å²) in [4.78, 5) is 11.0. The predicted molar refractivity (Wildman–Crippen MR) is 59.0 cm³/mol. The fraction of sp³-hybridized carbons (Fsp3) is 0.778. The van der Waals surface area contributed by atoms with Gasteiger partial charge in [-0.05, 0) is 19.8 Å². The van der Waals surface area contributed by atoms with Crippen LogP contribution in [0.5, 0.6) is 0 Å². The third kappa shape index (κ3) is 4.20. The molecule has 8 heteroatoms. The lowest BCUT2D eigenvalue weighted by molar-refractivity contribution is 0.158. The Bertz CT molecular complexity index is 414. The molecule has 2 unspecified atom stereocenters. The summed E-state index contributed by atoms with van der Waals surface area (Å²) in [6, 6.07) is 1.61. The minimum Gasteiger partial charge on any atom is -0.449 e. The molecule has 1 fully saturated rings. The van der Waals surface area contributed by atoms with Crippen LogP contribution in [0.2, 0.25) is 0 Å². The molecule has 0 radical (unpaired) electrons. The van der Waals surface area contributed by atoms with E-state index in [9.17, 15) is 13.2 Å². The van der Waals surface area contributed by atoms with Crippen LogP contribution in [0, 0.1) is 17.2 Å². The predicted octanol–water partition coefficient (Wildman–Crippen LogP) is 0.259. The van der Waals surface area contributed by atoms with Crippen LogP contribution < -0.4 is 9.44 Å². The first kappa shape index (κ1) is 13.7. The van der Waals surface area contributed by atoms with E-state index < -0.39 is 22.3 Å². The third-order valence-electron chi connectivity index (χ3n) is 2.48. The molecule has 2 atom stereocenters. The molecule has 0 bridgehead atoms. The molecule has 1 aliphatic carbocycles. The van der Waals surface area contributed by atoms with Crippen molar-refractivity contribution < 1.29 is 17.9 Å². The number of amides is 1. The van der Waals surface area contributed by atoms with Crippen LogP contribution in [-0.4, -0.2) is 27.2 Å². The zero-order valence-corrected chi connectivity index (χ0v) is 10.3. The zero-order valence-electron chi connectivity index (χ0n) is 9.47. The van der Waals surface area contributed by atoms with Gasteiger partial charge in [-0.3, -0.25) is 0 Å². The van der Waals surface area contributed by atoms with E-state index in [1.165, 1.54) is 0 Å². The summed E-state index contributed by atoms with van der Waals surface area (Å²) in [6.45, 7) is 1.66. The van der Waals surface area contributed by atoms with Crippen LogP contribution in [-0.2, 0) is 14.9 Å². The lowest BCUT2D eigenvalue weighted by Crippen LogP contribution is -2.46. The highest BCUT2D eigenvalue weighted by molar-refractivity contribution is 7.88. The van der Waals surface area contributed by atoms with Crippen LogP contribution in [0.25, 0.3) is 0 Å². The topological polar surface area (TPSA) is 108 Å². The molecule has 1 saturated carbocycles. The molecule has 0 saturated heterocycles. The minimum absolute atomic E-state index is 0.0889. The van der Waals surface area contributed by atoms with Crippen LogP contribution in [0.15, 0.2) is 0 Å². The summed E-state index contributed by atoms with van der Waals surface area (Å²) < 4.78 is 31.5. The summed E-state index contributed by atoms with van der Waals surface area (Å²) in [6.07, 6.45) is 1.04. The van der Waals surface area contributed by atoms with Crippen molar-refractivity contribution in [3.8, 4) is 6.07 Å². The molecule has 0 heterocycles. The van der Waals surface area contributed by atoms with Crippen LogP contribution in [0.4, 0.5) is 4.79 Å². The van der Waals surface area contributed by atoms with Gasteiger partial charge in [0.1, 0.15) is 0 Å². The number of hydrogen-bond donors (Lipinski definition) is 2. The van der Waals surface area contributed by atoms with Gasteiger partial charge in [0.2, 0.25) is 0 Å². The maximum absolute atomic E-state index is 11.5. The molecule has 1 aliphatic rings. The fourth-order valence-corrected chi connectivity index (χ4v) is 2.77. The fourth-order valence-electron chi connectivity index (χ4n) is 1.75. The number of rotatable bonds is 4. The third-order valence-corrected chi connectivity index (χ3v) is 3.53. The molecular formula is C9H15N3O4S. The van der Waals surface area contributed by atoms with E-state index in [1.54, 1.807) is 11.6 Å². The van der Waals surface area contributed by atoms with Crippen molar-refractivity contribution in [3.63, 3.8) is 0 Å². The molecule has 7 nitrogen and oxygen atoms in total. The van der Waals surface area contributed by atoms with Crippen molar-refractivity contribution in [3.05, 3.63) is 0 Å².